The molecule has 0 unspecified atom stereocenters. The molecular weight excluding hydrogens is 302 g/mol. The summed E-state index contributed by atoms with van der Waals surface area (Å²) in [6, 6.07) is 7.90. The molecule has 24 heavy (non-hydrogen) atoms. The third kappa shape index (κ3) is 4.41. The first kappa shape index (κ1) is 16.6. The topological polar surface area (TPSA) is 54.3 Å². The SMILES string of the molecule is C[C@H](Cn1cccn1)C(=O)N1CCCN(Cc2ccccn2)CC1. The minimum absolute atomic E-state index is 0.0489. The molecular formula is C18H25N5O. The zero-order valence-electron chi connectivity index (χ0n) is 14.2. The highest BCUT2D eigenvalue weighted by atomic mass is 16.2. The summed E-state index contributed by atoms with van der Waals surface area (Å²) in [6.45, 7) is 7.01. The molecule has 2 aromatic heterocycles. The predicted molar refractivity (Wildman–Crippen MR) is 92.1 cm³/mol. The van der Waals surface area contributed by atoms with Crippen LogP contribution in [0.5, 0.6) is 0 Å². The van der Waals surface area contributed by atoms with Gasteiger partial charge in [0, 0.05) is 51.3 Å². The van der Waals surface area contributed by atoms with E-state index >= 15 is 0 Å². The summed E-state index contributed by atoms with van der Waals surface area (Å²) < 4.78 is 1.83. The molecule has 0 aliphatic carbocycles. The zero-order chi connectivity index (χ0) is 16.8. The Kier molecular flexibility index (Phi) is 5.59. The average molecular weight is 327 g/mol. The van der Waals surface area contributed by atoms with Gasteiger partial charge in [-0.1, -0.05) is 13.0 Å². The predicted octanol–water partition coefficient (Wildman–Crippen LogP) is 1.65. The van der Waals surface area contributed by atoms with Crippen molar-refractivity contribution in [3.63, 3.8) is 0 Å². The summed E-state index contributed by atoms with van der Waals surface area (Å²) in [5.74, 6) is 0.178. The van der Waals surface area contributed by atoms with Crippen LogP contribution in [0.4, 0.5) is 0 Å². The Bertz CT molecular complexity index is 628. The molecule has 1 aliphatic heterocycles. The molecule has 3 heterocycles. The molecule has 1 saturated heterocycles. The van der Waals surface area contributed by atoms with Gasteiger partial charge in [0.05, 0.1) is 18.2 Å². The van der Waals surface area contributed by atoms with Gasteiger partial charge in [0.25, 0.3) is 0 Å². The first-order valence-electron chi connectivity index (χ1n) is 8.61. The van der Waals surface area contributed by atoms with Gasteiger partial charge in [-0.05, 0) is 24.6 Å². The second-order valence-electron chi connectivity index (χ2n) is 6.41. The van der Waals surface area contributed by atoms with E-state index in [1.807, 2.05) is 47.1 Å². The zero-order valence-corrected chi connectivity index (χ0v) is 14.2. The normalized spacial score (nSPS) is 17.5. The van der Waals surface area contributed by atoms with Gasteiger partial charge in [-0.25, -0.2) is 0 Å². The summed E-state index contributed by atoms with van der Waals surface area (Å²) in [5, 5.41) is 4.19. The van der Waals surface area contributed by atoms with E-state index in [2.05, 4.69) is 21.0 Å². The number of amides is 1. The van der Waals surface area contributed by atoms with Crippen molar-refractivity contribution in [1.29, 1.82) is 0 Å². The maximum Gasteiger partial charge on any atom is 0.227 e. The lowest BCUT2D eigenvalue weighted by atomic mass is 10.1. The Labute approximate surface area is 143 Å². The molecule has 1 amide bonds. The number of aromatic nitrogens is 3. The van der Waals surface area contributed by atoms with E-state index < -0.39 is 0 Å². The lowest BCUT2D eigenvalue weighted by molar-refractivity contribution is -0.135. The van der Waals surface area contributed by atoms with Crippen molar-refractivity contribution in [2.75, 3.05) is 26.2 Å². The van der Waals surface area contributed by atoms with Crippen LogP contribution in [0.2, 0.25) is 0 Å². The molecule has 0 spiro atoms. The fraction of sp³-hybridized carbons (Fsp3) is 0.500. The molecule has 6 heteroatoms. The van der Waals surface area contributed by atoms with Crippen molar-refractivity contribution >= 4 is 5.91 Å². The van der Waals surface area contributed by atoms with Crippen LogP contribution in [-0.2, 0) is 17.9 Å². The van der Waals surface area contributed by atoms with E-state index in [9.17, 15) is 4.79 Å². The van der Waals surface area contributed by atoms with Crippen LogP contribution in [0.3, 0.4) is 0 Å². The maximum absolute atomic E-state index is 12.7. The Morgan fingerprint density at radius 2 is 2.08 bits per heavy atom. The Morgan fingerprint density at radius 1 is 1.17 bits per heavy atom. The summed E-state index contributed by atoms with van der Waals surface area (Å²) in [6.07, 6.45) is 6.49. The lowest BCUT2D eigenvalue weighted by Crippen LogP contribution is -2.39. The van der Waals surface area contributed by atoms with Crippen molar-refractivity contribution in [2.24, 2.45) is 5.92 Å². The van der Waals surface area contributed by atoms with Gasteiger partial charge in [-0.2, -0.15) is 5.10 Å². The van der Waals surface area contributed by atoms with Gasteiger partial charge in [0.2, 0.25) is 5.91 Å². The monoisotopic (exact) mass is 327 g/mol. The van der Waals surface area contributed by atoms with Gasteiger partial charge in [-0.3, -0.25) is 19.4 Å². The number of carbonyl (C=O) groups is 1. The molecule has 1 aliphatic rings. The number of pyridine rings is 1. The highest BCUT2D eigenvalue weighted by molar-refractivity contribution is 5.78. The number of carbonyl (C=O) groups excluding carboxylic acids is 1. The van der Waals surface area contributed by atoms with Crippen LogP contribution in [0.1, 0.15) is 19.0 Å². The van der Waals surface area contributed by atoms with E-state index in [0.29, 0.717) is 6.54 Å². The Hall–Kier alpha value is -2.21. The molecule has 128 valence electrons. The van der Waals surface area contributed by atoms with E-state index in [-0.39, 0.29) is 11.8 Å². The fourth-order valence-electron chi connectivity index (χ4n) is 3.15. The van der Waals surface area contributed by atoms with Crippen molar-refractivity contribution in [3.05, 3.63) is 48.5 Å². The van der Waals surface area contributed by atoms with E-state index in [1.54, 1.807) is 6.20 Å². The van der Waals surface area contributed by atoms with Gasteiger partial charge >= 0.3 is 0 Å². The van der Waals surface area contributed by atoms with Gasteiger partial charge in [-0.15, -0.1) is 0 Å². The van der Waals surface area contributed by atoms with Crippen LogP contribution in [0.15, 0.2) is 42.9 Å². The fourth-order valence-corrected chi connectivity index (χ4v) is 3.15. The highest BCUT2D eigenvalue weighted by Crippen LogP contribution is 2.11. The van der Waals surface area contributed by atoms with Gasteiger partial charge in [0.15, 0.2) is 0 Å². The lowest BCUT2D eigenvalue weighted by Gasteiger charge is -2.24. The van der Waals surface area contributed by atoms with Crippen LogP contribution in [-0.4, -0.2) is 56.7 Å². The number of hydrogen-bond acceptors (Lipinski definition) is 4. The molecule has 6 nitrogen and oxygen atoms in total. The Balaban J connectivity index is 1.52. The van der Waals surface area contributed by atoms with Crippen molar-refractivity contribution in [3.8, 4) is 0 Å². The average Bonchev–Trinajstić information content (AvgIpc) is 3.00. The van der Waals surface area contributed by atoms with Crippen LogP contribution in [0, 0.1) is 5.92 Å². The minimum atomic E-state index is -0.0489. The van der Waals surface area contributed by atoms with Crippen LogP contribution in [0.25, 0.3) is 0 Å². The maximum atomic E-state index is 12.7. The highest BCUT2D eigenvalue weighted by Gasteiger charge is 2.23. The second-order valence-corrected chi connectivity index (χ2v) is 6.41. The molecule has 0 aromatic carbocycles. The van der Waals surface area contributed by atoms with Gasteiger partial charge in [0.1, 0.15) is 0 Å². The molecule has 1 fully saturated rings. The third-order valence-electron chi connectivity index (χ3n) is 4.45. The molecule has 0 saturated carbocycles. The first-order valence-corrected chi connectivity index (χ1v) is 8.61. The molecule has 0 radical (unpaired) electrons. The van der Waals surface area contributed by atoms with E-state index in [0.717, 1.165) is 44.8 Å². The summed E-state index contributed by atoms with van der Waals surface area (Å²) in [7, 11) is 0. The van der Waals surface area contributed by atoms with E-state index in [1.165, 1.54) is 0 Å². The number of rotatable bonds is 5. The standard InChI is InChI=1S/C18H25N5O/c1-16(14-23-11-4-8-20-23)18(24)22-10-5-9-21(12-13-22)15-17-6-2-3-7-19-17/h2-4,6-8,11,16H,5,9-10,12-15H2,1H3/t16-/m1/s1. The number of hydrogen-bond donors (Lipinski definition) is 0. The van der Waals surface area contributed by atoms with Crippen molar-refractivity contribution < 1.29 is 4.79 Å². The van der Waals surface area contributed by atoms with E-state index in [4.69, 9.17) is 0 Å². The number of nitrogens with zero attached hydrogens (tertiary/aromatic N) is 5. The van der Waals surface area contributed by atoms with Crippen LogP contribution >= 0.6 is 0 Å². The molecule has 0 N–H and O–H groups in total. The third-order valence-corrected chi connectivity index (χ3v) is 4.45. The quantitative estimate of drug-likeness (QED) is 0.838. The van der Waals surface area contributed by atoms with Crippen molar-refractivity contribution in [1.82, 2.24) is 24.6 Å². The largest absolute Gasteiger partial charge is 0.341 e. The minimum Gasteiger partial charge on any atom is -0.341 e. The summed E-state index contributed by atoms with van der Waals surface area (Å²) in [4.78, 5) is 21.5. The van der Waals surface area contributed by atoms with Gasteiger partial charge < -0.3 is 4.90 Å². The molecule has 1 atom stereocenters. The second kappa shape index (κ2) is 8.06. The Morgan fingerprint density at radius 3 is 2.83 bits per heavy atom. The molecule has 0 bridgehead atoms. The first-order chi connectivity index (χ1) is 11.7. The van der Waals surface area contributed by atoms with Crippen LogP contribution < -0.4 is 0 Å². The molecule has 3 rings (SSSR count). The summed E-state index contributed by atoms with van der Waals surface area (Å²) >= 11 is 0. The molecule has 2 aromatic rings. The van der Waals surface area contributed by atoms with Crippen molar-refractivity contribution in [2.45, 2.75) is 26.4 Å². The summed E-state index contributed by atoms with van der Waals surface area (Å²) in [5.41, 5.74) is 1.09. The smallest absolute Gasteiger partial charge is 0.227 e.